The van der Waals surface area contributed by atoms with Gasteiger partial charge in [-0.3, -0.25) is 0 Å². The summed E-state index contributed by atoms with van der Waals surface area (Å²) in [6, 6.07) is 82.7. The van der Waals surface area contributed by atoms with Gasteiger partial charge in [0.1, 0.15) is 11.2 Å². The van der Waals surface area contributed by atoms with E-state index in [0.717, 1.165) is 83.8 Å². The number of rotatable bonds is 9. The highest BCUT2D eigenvalue weighted by molar-refractivity contribution is 6.12. The molecule has 0 saturated heterocycles. The minimum Gasteiger partial charge on any atom is -0.456 e. The molecule has 2 aromatic heterocycles. The number of hydrogen-bond acceptors (Lipinski definition) is 4. The molecular weight excluding hydrogens is 755 g/mol. The van der Waals surface area contributed by atoms with E-state index in [0.29, 0.717) is 5.82 Å². The summed E-state index contributed by atoms with van der Waals surface area (Å²) in [7, 11) is 0. The largest absolute Gasteiger partial charge is 0.456 e. The van der Waals surface area contributed by atoms with Crippen LogP contribution in [0.1, 0.15) is 0 Å². The zero-order valence-corrected chi connectivity index (χ0v) is 33.8. The molecule has 0 aliphatic carbocycles. The molecule has 4 heteroatoms. The maximum absolute atomic E-state index is 6.74. The molecule has 0 aliphatic heterocycles. The van der Waals surface area contributed by atoms with Gasteiger partial charge < -0.3 is 9.32 Å². The Morgan fingerprint density at radius 2 is 0.774 bits per heavy atom. The third-order valence-electron chi connectivity index (χ3n) is 11.5. The summed E-state index contributed by atoms with van der Waals surface area (Å²) in [6.45, 7) is 0. The molecule has 11 rings (SSSR count). The summed E-state index contributed by atoms with van der Waals surface area (Å²) in [5.41, 5.74) is 16.4. The zero-order valence-electron chi connectivity index (χ0n) is 33.8. The first kappa shape index (κ1) is 36.7. The van der Waals surface area contributed by atoms with Crippen molar-refractivity contribution in [1.29, 1.82) is 0 Å². The summed E-state index contributed by atoms with van der Waals surface area (Å²) < 4.78 is 6.74. The molecule has 0 N–H and O–H groups in total. The Labute approximate surface area is 360 Å². The maximum Gasteiger partial charge on any atom is 0.161 e. The van der Waals surface area contributed by atoms with Gasteiger partial charge >= 0.3 is 0 Å². The highest BCUT2D eigenvalue weighted by atomic mass is 16.3. The Morgan fingerprint density at radius 1 is 0.306 bits per heavy atom. The minimum absolute atomic E-state index is 0.649. The average Bonchev–Trinajstić information content (AvgIpc) is 3.74. The van der Waals surface area contributed by atoms with Crippen LogP contribution in [0, 0.1) is 0 Å². The molecule has 11 aromatic rings. The highest BCUT2D eigenvalue weighted by Crippen LogP contribution is 2.42. The van der Waals surface area contributed by atoms with Gasteiger partial charge in [0.2, 0.25) is 0 Å². The summed E-state index contributed by atoms with van der Waals surface area (Å²) in [5, 5.41) is 1.99. The molecule has 0 atom stereocenters. The number of benzene rings is 9. The Bertz CT molecular complexity index is 3270. The third kappa shape index (κ3) is 7.10. The second-order valence-electron chi connectivity index (χ2n) is 15.4. The molecule has 0 bridgehead atoms. The first-order valence-electron chi connectivity index (χ1n) is 20.9. The molecule has 2 heterocycles. The van der Waals surface area contributed by atoms with Crippen molar-refractivity contribution in [2.24, 2.45) is 0 Å². The van der Waals surface area contributed by atoms with Gasteiger partial charge in [0.05, 0.1) is 11.4 Å². The normalized spacial score (nSPS) is 11.2. The van der Waals surface area contributed by atoms with Gasteiger partial charge in [-0.2, -0.15) is 0 Å². The van der Waals surface area contributed by atoms with Crippen LogP contribution in [0.25, 0.3) is 89.2 Å². The van der Waals surface area contributed by atoms with E-state index in [1.165, 1.54) is 16.7 Å². The molecule has 0 unspecified atom stereocenters. The molecule has 0 aliphatic rings. The topological polar surface area (TPSA) is 42.2 Å². The molecule has 4 nitrogen and oxygen atoms in total. The first-order chi connectivity index (χ1) is 30.7. The molecule has 0 spiro atoms. The lowest BCUT2D eigenvalue weighted by Gasteiger charge is -2.26. The van der Waals surface area contributed by atoms with Crippen molar-refractivity contribution in [2.45, 2.75) is 0 Å². The lowest BCUT2D eigenvalue weighted by atomic mass is 9.98. The van der Waals surface area contributed by atoms with E-state index < -0.39 is 0 Å². The van der Waals surface area contributed by atoms with Crippen LogP contribution in [0.15, 0.2) is 241 Å². The quantitative estimate of drug-likeness (QED) is 0.146. The molecule has 62 heavy (non-hydrogen) atoms. The highest BCUT2D eigenvalue weighted by Gasteiger charge is 2.20. The Hall–Kier alpha value is -8.34. The van der Waals surface area contributed by atoms with Gasteiger partial charge in [0.25, 0.3) is 0 Å². The van der Waals surface area contributed by atoms with Crippen molar-refractivity contribution in [3.63, 3.8) is 0 Å². The predicted octanol–water partition coefficient (Wildman–Crippen LogP) is 15.8. The Balaban J connectivity index is 1.03. The van der Waals surface area contributed by atoms with Crippen molar-refractivity contribution in [1.82, 2.24) is 9.97 Å². The lowest BCUT2D eigenvalue weighted by Crippen LogP contribution is -2.10. The van der Waals surface area contributed by atoms with E-state index in [4.69, 9.17) is 14.4 Å². The van der Waals surface area contributed by atoms with Crippen LogP contribution in [0.3, 0.4) is 0 Å². The van der Waals surface area contributed by atoms with Gasteiger partial charge in [-0.15, -0.1) is 0 Å². The van der Waals surface area contributed by atoms with Gasteiger partial charge in [0.15, 0.2) is 5.82 Å². The Morgan fingerprint density at radius 3 is 1.37 bits per heavy atom. The fourth-order valence-electron chi connectivity index (χ4n) is 8.44. The third-order valence-corrected chi connectivity index (χ3v) is 11.5. The van der Waals surface area contributed by atoms with E-state index in [-0.39, 0.29) is 0 Å². The van der Waals surface area contributed by atoms with Gasteiger partial charge in [-0.1, -0.05) is 176 Å². The summed E-state index contributed by atoms with van der Waals surface area (Å²) in [5.74, 6) is 0.649. The Kier molecular flexibility index (Phi) is 9.49. The van der Waals surface area contributed by atoms with Crippen LogP contribution < -0.4 is 4.90 Å². The monoisotopic (exact) mass is 793 g/mol. The smallest absolute Gasteiger partial charge is 0.161 e. The minimum atomic E-state index is 0.649. The van der Waals surface area contributed by atoms with Crippen LogP contribution in [0.4, 0.5) is 17.1 Å². The number of fused-ring (bicyclic) bond motifs is 3. The van der Waals surface area contributed by atoms with Gasteiger partial charge in [-0.25, -0.2) is 9.97 Å². The number of anilines is 3. The van der Waals surface area contributed by atoms with Gasteiger partial charge in [-0.05, 0) is 88.0 Å². The van der Waals surface area contributed by atoms with E-state index in [2.05, 4.69) is 193 Å². The number of nitrogens with zero attached hydrogens (tertiary/aromatic N) is 3. The molecule has 292 valence electrons. The fraction of sp³-hybridized carbons (Fsp3) is 0. The van der Waals surface area contributed by atoms with Crippen molar-refractivity contribution in [3.8, 4) is 67.3 Å². The number of furan rings is 1. The molecule has 0 amide bonds. The van der Waals surface area contributed by atoms with Crippen LogP contribution in [0.2, 0.25) is 0 Å². The van der Waals surface area contributed by atoms with Crippen molar-refractivity contribution < 1.29 is 4.42 Å². The molecule has 0 fully saturated rings. The summed E-state index contributed by atoms with van der Waals surface area (Å²) in [4.78, 5) is 12.7. The predicted molar refractivity (Wildman–Crippen MR) is 257 cm³/mol. The van der Waals surface area contributed by atoms with Crippen molar-refractivity contribution >= 4 is 39.0 Å². The summed E-state index contributed by atoms with van der Waals surface area (Å²) >= 11 is 0. The number of aromatic nitrogens is 2. The first-order valence-corrected chi connectivity index (χ1v) is 20.9. The van der Waals surface area contributed by atoms with Crippen LogP contribution in [0.5, 0.6) is 0 Å². The van der Waals surface area contributed by atoms with Crippen molar-refractivity contribution in [2.75, 3.05) is 4.90 Å². The second kappa shape index (κ2) is 16.0. The van der Waals surface area contributed by atoms with Crippen molar-refractivity contribution in [3.05, 3.63) is 237 Å². The number of hydrogen-bond donors (Lipinski definition) is 0. The van der Waals surface area contributed by atoms with E-state index in [9.17, 15) is 0 Å². The van der Waals surface area contributed by atoms with E-state index >= 15 is 0 Å². The standard InChI is InChI=1S/C58H39N3O/c1-5-16-40(17-6-1)45-24-13-25-46(36-45)42-30-32-48(33-31-42)61(49-27-14-26-47(37-49)41-18-7-2-8-19-41)50-34-35-51-56(38-50)62-55-29-15-28-52(57(51)55)58-59-53(43-20-9-3-10-21-43)39-54(60-58)44-22-11-4-12-23-44/h1-39H. The molecule has 9 aromatic carbocycles. The molecular formula is C58H39N3O. The maximum atomic E-state index is 6.74. The average molecular weight is 794 g/mol. The molecule has 0 saturated carbocycles. The SMILES string of the molecule is c1ccc(-c2cccc(-c3ccc(N(c4cccc(-c5ccccc5)c4)c4ccc5c(c4)oc4cccc(-c6nc(-c7ccccc7)cc(-c7ccccc7)n6)c45)cc3)c2)cc1. The van der Waals surface area contributed by atoms with Crippen LogP contribution >= 0.6 is 0 Å². The van der Waals surface area contributed by atoms with Gasteiger partial charge in [0, 0.05) is 50.6 Å². The molecule has 0 radical (unpaired) electrons. The fourth-order valence-corrected chi connectivity index (χ4v) is 8.44. The van der Waals surface area contributed by atoms with E-state index in [1.807, 2.05) is 48.5 Å². The second-order valence-corrected chi connectivity index (χ2v) is 15.4. The lowest BCUT2D eigenvalue weighted by molar-refractivity contribution is 0.669. The van der Waals surface area contributed by atoms with E-state index in [1.54, 1.807) is 0 Å². The zero-order chi connectivity index (χ0) is 41.2. The van der Waals surface area contributed by atoms with Crippen LogP contribution in [-0.2, 0) is 0 Å². The van der Waals surface area contributed by atoms with Crippen LogP contribution in [-0.4, -0.2) is 9.97 Å². The summed E-state index contributed by atoms with van der Waals surface area (Å²) in [6.07, 6.45) is 0.